The average Bonchev–Trinajstić information content (AvgIpc) is 1.91. The number of rotatable bonds is 1. The van der Waals surface area contributed by atoms with E-state index in [0.29, 0.717) is 5.41 Å². The normalized spacial score (nSPS) is 24.7. The quantitative estimate of drug-likeness (QED) is 0.559. The molecule has 0 saturated carbocycles. The lowest BCUT2D eigenvalue weighted by Gasteiger charge is -2.41. The second-order valence-corrected chi connectivity index (χ2v) is 6.22. The highest BCUT2D eigenvalue weighted by molar-refractivity contribution is 4.71. The van der Waals surface area contributed by atoms with E-state index in [4.69, 9.17) is 0 Å². The molecule has 0 atom stereocenters. The predicted molar refractivity (Wildman–Crippen MR) is 57.7 cm³/mol. The van der Waals surface area contributed by atoms with E-state index < -0.39 is 0 Å². The molecular formula is C11H25N2+. The lowest BCUT2D eigenvalue weighted by molar-refractivity contribution is -0.894. The van der Waals surface area contributed by atoms with E-state index in [0.717, 1.165) is 0 Å². The van der Waals surface area contributed by atoms with Crippen LogP contribution < -0.4 is 0 Å². The van der Waals surface area contributed by atoms with Gasteiger partial charge in [-0.3, -0.25) is 4.90 Å². The SMILES string of the molecule is CC(C)(C)CN1CC[N+](C)(C)CC1. The molecule has 2 nitrogen and oxygen atoms in total. The molecule has 1 saturated heterocycles. The van der Waals surface area contributed by atoms with Crippen LogP contribution in [-0.2, 0) is 0 Å². The van der Waals surface area contributed by atoms with Crippen molar-refractivity contribution in [1.29, 1.82) is 0 Å². The maximum Gasteiger partial charge on any atom is 0.0912 e. The van der Waals surface area contributed by atoms with Gasteiger partial charge in [-0.1, -0.05) is 20.8 Å². The Morgan fingerprint density at radius 1 is 1.08 bits per heavy atom. The summed E-state index contributed by atoms with van der Waals surface area (Å²) in [5.74, 6) is 0. The Morgan fingerprint density at radius 3 is 1.92 bits per heavy atom. The first kappa shape index (κ1) is 11.0. The molecule has 0 aliphatic carbocycles. The molecule has 0 aromatic carbocycles. The largest absolute Gasteiger partial charge is 0.326 e. The first-order valence-corrected chi connectivity index (χ1v) is 5.33. The lowest BCUT2D eigenvalue weighted by Crippen LogP contribution is -2.55. The monoisotopic (exact) mass is 185 g/mol. The second-order valence-electron chi connectivity index (χ2n) is 6.22. The Bertz CT molecular complexity index is 157. The van der Waals surface area contributed by atoms with Crippen LogP contribution in [0.3, 0.4) is 0 Å². The van der Waals surface area contributed by atoms with E-state index in [9.17, 15) is 0 Å². The van der Waals surface area contributed by atoms with Crippen LogP contribution in [0.2, 0.25) is 0 Å². The molecule has 1 aliphatic heterocycles. The first-order chi connectivity index (χ1) is 5.79. The molecule has 0 amide bonds. The van der Waals surface area contributed by atoms with Crippen molar-refractivity contribution in [3.63, 3.8) is 0 Å². The topological polar surface area (TPSA) is 3.24 Å². The second kappa shape index (κ2) is 3.58. The van der Waals surface area contributed by atoms with Crippen LogP contribution in [-0.4, -0.2) is 56.2 Å². The summed E-state index contributed by atoms with van der Waals surface area (Å²) in [5.41, 5.74) is 0.453. The first-order valence-electron chi connectivity index (χ1n) is 5.33. The summed E-state index contributed by atoms with van der Waals surface area (Å²) in [4.78, 5) is 2.60. The number of quaternary nitrogens is 1. The number of hydrogen-bond donors (Lipinski definition) is 0. The third-order valence-corrected chi connectivity index (χ3v) is 2.74. The number of piperazine rings is 1. The zero-order chi connectivity index (χ0) is 10.1. The molecule has 0 spiro atoms. The zero-order valence-electron chi connectivity index (χ0n) is 9.93. The van der Waals surface area contributed by atoms with Crippen LogP contribution >= 0.6 is 0 Å². The maximum absolute atomic E-state index is 2.60. The Hall–Kier alpha value is -0.0800. The summed E-state index contributed by atoms with van der Waals surface area (Å²) in [7, 11) is 4.66. The Kier molecular flexibility index (Phi) is 3.03. The average molecular weight is 185 g/mol. The number of nitrogens with zero attached hydrogens (tertiary/aromatic N) is 2. The number of likely N-dealkylation sites (N-methyl/N-ethyl adjacent to an activating group) is 1. The molecule has 0 N–H and O–H groups in total. The van der Waals surface area contributed by atoms with Crippen molar-refractivity contribution in [3.8, 4) is 0 Å². The van der Waals surface area contributed by atoms with E-state index in [1.54, 1.807) is 0 Å². The maximum atomic E-state index is 2.60. The summed E-state index contributed by atoms with van der Waals surface area (Å²) in [6.45, 7) is 13.3. The standard InChI is InChI=1S/C11H25N2/c1-11(2,3)10-12-6-8-13(4,5)9-7-12/h6-10H2,1-5H3/q+1. The molecule has 1 aliphatic rings. The van der Waals surface area contributed by atoms with Gasteiger partial charge in [-0.25, -0.2) is 0 Å². The van der Waals surface area contributed by atoms with Crippen molar-refractivity contribution in [2.45, 2.75) is 20.8 Å². The van der Waals surface area contributed by atoms with Crippen LogP contribution in [0.1, 0.15) is 20.8 Å². The summed E-state index contributed by atoms with van der Waals surface area (Å²) in [5, 5.41) is 0. The molecule has 1 rings (SSSR count). The summed E-state index contributed by atoms with van der Waals surface area (Å²) >= 11 is 0. The minimum Gasteiger partial charge on any atom is -0.326 e. The summed E-state index contributed by atoms with van der Waals surface area (Å²) < 4.78 is 1.20. The van der Waals surface area contributed by atoms with Crippen LogP contribution in [0.15, 0.2) is 0 Å². The van der Waals surface area contributed by atoms with Crippen molar-refractivity contribution < 1.29 is 4.48 Å². The van der Waals surface area contributed by atoms with Crippen molar-refractivity contribution in [1.82, 2.24) is 4.90 Å². The Labute approximate surface area is 83.1 Å². The van der Waals surface area contributed by atoms with Gasteiger partial charge in [0, 0.05) is 19.6 Å². The molecule has 13 heavy (non-hydrogen) atoms. The highest BCUT2D eigenvalue weighted by Crippen LogP contribution is 2.17. The fraction of sp³-hybridized carbons (Fsp3) is 1.00. The molecular weight excluding hydrogens is 160 g/mol. The molecule has 78 valence electrons. The minimum absolute atomic E-state index is 0.453. The van der Waals surface area contributed by atoms with Gasteiger partial charge >= 0.3 is 0 Å². The van der Waals surface area contributed by atoms with Gasteiger partial charge in [0.1, 0.15) is 0 Å². The van der Waals surface area contributed by atoms with Crippen LogP contribution in [0.4, 0.5) is 0 Å². The van der Waals surface area contributed by atoms with Gasteiger partial charge in [0.15, 0.2) is 0 Å². The van der Waals surface area contributed by atoms with Crippen LogP contribution in [0, 0.1) is 5.41 Å². The Morgan fingerprint density at radius 2 is 1.54 bits per heavy atom. The van der Waals surface area contributed by atoms with Crippen molar-refractivity contribution in [2.24, 2.45) is 5.41 Å². The highest BCUT2D eigenvalue weighted by atomic mass is 15.4. The predicted octanol–water partition coefficient (Wildman–Crippen LogP) is 1.42. The van der Waals surface area contributed by atoms with E-state index >= 15 is 0 Å². The molecule has 0 bridgehead atoms. The molecule has 2 heteroatoms. The summed E-state index contributed by atoms with van der Waals surface area (Å²) in [6, 6.07) is 0. The van der Waals surface area contributed by atoms with E-state index in [1.165, 1.54) is 37.2 Å². The molecule has 1 fully saturated rings. The zero-order valence-corrected chi connectivity index (χ0v) is 9.93. The van der Waals surface area contributed by atoms with Crippen molar-refractivity contribution >= 4 is 0 Å². The minimum atomic E-state index is 0.453. The molecule has 0 aromatic heterocycles. The molecule has 1 heterocycles. The third kappa shape index (κ3) is 4.10. The summed E-state index contributed by atoms with van der Waals surface area (Å²) in [6.07, 6.45) is 0. The molecule has 0 aromatic rings. The van der Waals surface area contributed by atoms with Gasteiger partial charge in [-0.2, -0.15) is 0 Å². The van der Waals surface area contributed by atoms with E-state index in [1.807, 2.05) is 0 Å². The van der Waals surface area contributed by atoms with Crippen molar-refractivity contribution in [3.05, 3.63) is 0 Å². The van der Waals surface area contributed by atoms with Gasteiger partial charge in [0.2, 0.25) is 0 Å². The van der Waals surface area contributed by atoms with Crippen LogP contribution in [0.25, 0.3) is 0 Å². The van der Waals surface area contributed by atoms with Gasteiger partial charge in [0.05, 0.1) is 27.2 Å². The van der Waals surface area contributed by atoms with E-state index in [-0.39, 0.29) is 0 Å². The fourth-order valence-corrected chi connectivity index (χ4v) is 1.88. The van der Waals surface area contributed by atoms with Crippen LogP contribution in [0.5, 0.6) is 0 Å². The van der Waals surface area contributed by atoms with Gasteiger partial charge in [-0.15, -0.1) is 0 Å². The smallest absolute Gasteiger partial charge is 0.0912 e. The van der Waals surface area contributed by atoms with Crippen molar-refractivity contribution in [2.75, 3.05) is 46.8 Å². The lowest BCUT2D eigenvalue weighted by atomic mass is 9.95. The number of hydrogen-bond acceptors (Lipinski definition) is 1. The highest BCUT2D eigenvalue weighted by Gasteiger charge is 2.26. The fourth-order valence-electron chi connectivity index (χ4n) is 1.88. The van der Waals surface area contributed by atoms with E-state index in [2.05, 4.69) is 39.8 Å². The van der Waals surface area contributed by atoms with Gasteiger partial charge in [0.25, 0.3) is 0 Å². The molecule has 0 unspecified atom stereocenters. The van der Waals surface area contributed by atoms with Gasteiger partial charge < -0.3 is 4.48 Å². The Balaban J connectivity index is 2.34. The van der Waals surface area contributed by atoms with Gasteiger partial charge in [-0.05, 0) is 5.41 Å². The molecule has 0 radical (unpaired) electrons. The third-order valence-electron chi connectivity index (χ3n) is 2.74.